The van der Waals surface area contributed by atoms with Crippen LogP contribution in [0.3, 0.4) is 0 Å². The molecule has 0 atom stereocenters. The second-order valence-electron chi connectivity index (χ2n) is 5.72. The lowest BCUT2D eigenvalue weighted by molar-refractivity contribution is 0.0641. The Hall–Kier alpha value is -2.75. The van der Waals surface area contributed by atoms with E-state index in [1.165, 1.54) is 12.1 Å². The van der Waals surface area contributed by atoms with Gasteiger partial charge in [-0.2, -0.15) is 0 Å². The third-order valence-electron chi connectivity index (χ3n) is 3.85. The minimum Gasteiger partial charge on any atom is -0.491 e. The van der Waals surface area contributed by atoms with Gasteiger partial charge in [0.15, 0.2) is 0 Å². The molecule has 0 aromatic heterocycles. The minimum atomic E-state index is -3.82. The summed E-state index contributed by atoms with van der Waals surface area (Å²) >= 11 is 0. The lowest BCUT2D eigenvalue weighted by Crippen LogP contribution is -2.38. The number of carbonyl (C=O) groups excluding carboxylic acids is 2. The summed E-state index contributed by atoms with van der Waals surface area (Å²) < 4.78 is 29.3. The SMILES string of the molecule is O=C1c2ccccc2C(=O)N1CCS(=O)(=O)NOCCOc1ccccc1. The number of nitrogens with zero attached hydrogens (tertiary/aromatic N) is 1. The fourth-order valence-corrected chi connectivity index (χ4v) is 3.31. The lowest BCUT2D eigenvalue weighted by Gasteiger charge is -2.14. The Balaban J connectivity index is 1.43. The van der Waals surface area contributed by atoms with Gasteiger partial charge in [0.2, 0.25) is 10.0 Å². The van der Waals surface area contributed by atoms with Gasteiger partial charge in [-0.3, -0.25) is 19.3 Å². The largest absolute Gasteiger partial charge is 0.491 e. The van der Waals surface area contributed by atoms with Crippen molar-refractivity contribution in [2.75, 3.05) is 25.5 Å². The van der Waals surface area contributed by atoms with Gasteiger partial charge in [-0.25, -0.2) is 8.42 Å². The molecule has 1 aliphatic rings. The molecule has 0 bridgehead atoms. The van der Waals surface area contributed by atoms with E-state index in [4.69, 9.17) is 9.57 Å². The maximum Gasteiger partial charge on any atom is 0.261 e. The fourth-order valence-electron chi connectivity index (χ4n) is 2.54. The Morgan fingerprint density at radius 3 is 2.07 bits per heavy atom. The van der Waals surface area contributed by atoms with Gasteiger partial charge in [0.1, 0.15) is 19.0 Å². The first-order valence-electron chi connectivity index (χ1n) is 8.22. The molecule has 9 heteroatoms. The Labute approximate surface area is 156 Å². The van der Waals surface area contributed by atoms with Gasteiger partial charge in [0, 0.05) is 6.54 Å². The first-order chi connectivity index (χ1) is 13.0. The fraction of sp³-hybridized carbons (Fsp3) is 0.222. The summed E-state index contributed by atoms with van der Waals surface area (Å²) in [6, 6.07) is 15.4. The van der Waals surface area contributed by atoms with Crippen molar-refractivity contribution in [1.29, 1.82) is 0 Å². The average molecular weight is 390 g/mol. The van der Waals surface area contributed by atoms with Crippen molar-refractivity contribution in [2.24, 2.45) is 0 Å². The Morgan fingerprint density at radius 1 is 0.852 bits per heavy atom. The van der Waals surface area contributed by atoms with Gasteiger partial charge in [-0.15, -0.1) is 0 Å². The van der Waals surface area contributed by atoms with Crippen LogP contribution < -0.4 is 9.62 Å². The van der Waals surface area contributed by atoms with E-state index in [1.54, 1.807) is 24.3 Å². The molecule has 142 valence electrons. The van der Waals surface area contributed by atoms with E-state index in [0.717, 1.165) is 4.90 Å². The van der Waals surface area contributed by atoms with E-state index in [9.17, 15) is 18.0 Å². The standard InChI is InChI=1S/C18H18N2O6S/c21-17-15-8-4-5-9-16(15)18(22)20(17)10-13-27(23,24)19-26-12-11-25-14-6-2-1-3-7-14/h1-9,19H,10-13H2. The predicted molar refractivity (Wildman–Crippen MR) is 96.6 cm³/mol. The van der Waals surface area contributed by atoms with Gasteiger partial charge in [0.05, 0.1) is 16.9 Å². The van der Waals surface area contributed by atoms with Gasteiger partial charge in [0.25, 0.3) is 11.8 Å². The summed E-state index contributed by atoms with van der Waals surface area (Å²) in [5.74, 6) is -0.807. The van der Waals surface area contributed by atoms with Crippen molar-refractivity contribution < 1.29 is 27.6 Å². The van der Waals surface area contributed by atoms with Crippen LogP contribution in [-0.4, -0.2) is 50.6 Å². The second kappa shape index (κ2) is 8.30. The molecular weight excluding hydrogens is 372 g/mol. The van der Waals surface area contributed by atoms with Crippen LogP contribution in [0, 0.1) is 0 Å². The number of hydrogen-bond acceptors (Lipinski definition) is 6. The van der Waals surface area contributed by atoms with Crippen molar-refractivity contribution >= 4 is 21.8 Å². The predicted octanol–water partition coefficient (Wildman–Crippen LogP) is 1.21. The molecule has 0 saturated heterocycles. The van der Waals surface area contributed by atoms with Crippen molar-refractivity contribution in [1.82, 2.24) is 9.79 Å². The number of hydrogen-bond donors (Lipinski definition) is 1. The van der Waals surface area contributed by atoms with E-state index >= 15 is 0 Å². The van der Waals surface area contributed by atoms with Gasteiger partial charge >= 0.3 is 0 Å². The highest BCUT2D eigenvalue weighted by Crippen LogP contribution is 2.22. The summed E-state index contributed by atoms with van der Waals surface area (Å²) in [7, 11) is -3.82. The van der Waals surface area contributed by atoms with Crippen molar-refractivity contribution in [3.8, 4) is 5.75 Å². The highest BCUT2D eigenvalue weighted by Gasteiger charge is 2.35. The van der Waals surface area contributed by atoms with Crippen LogP contribution in [0.5, 0.6) is 5.75 Å². The smallest absolute Gasteiger partial charge is 0.261 e. The van der Waals surface area contributed by atoms with Gasteiger partial charge in [-0.1, -0.05) is 35.2 Å². The molecule has 2 aromatic carbocycles. The maximum atomic E-state index is 12.2. The molecule has 1 N–H and O–H groups in total. The van der Waals surface area contributed by atoms with Crippen molar-refractivity contribution in [2.45, 2.75) is 0 Å². The van der Waals surface area contributed by atoms with E-state index in [2.05, 4.69) is 0 Å². The van der Waals surface area contributed by atoms with E-state index in [-0.39, 0.29) is 30.9 Å². The number of nitrogens with one attached hydrogen (secondary N) is 1. The first-order valence-corrected chi connectivity index (χ1v) is 9.87. The Kier molecular flexibility index (Phi) is 5.84. The van der Waals surface area contributed by atoms with Crippen LogP contribution in [0.25, 0.3) is 0 Å². The second-order valence-corrected chi connectivity index (χ2v) is 7.52. The van der Waals surface area contributed by atoms with Crippen LogP contribution in [0.15, 0.2) is 54.6 Å². The van der Waals surface area contributed by atoms with Gasteiger partial charge in [-0.05, 0) is 24.3 Å². The normalized spacial score (nSPS) is 13.7. The molecule has 27 heavy (non-hydrogen) atoms. The highest BCUT2D eigenvalue weighted by atomic mass is 32.2. The molecule has 0 radical (unpaired) electrons. The zero-order chi connectivity index (χ0) is 19.3. The molecular formula is C18H18N2O6S. The molecule has 0 spiro atoms. The molecule has 2 amide bonds. The minimum absolute atomic E-state index is 0.00113. The van der Waals surface area contributed by atoms with E-state index < -0.39 is 27.6 Å². The number of sulfonamides is 1. The number of amides is 2. The zero-order valence-corrected chi connectivity index (χ0v) is 15.1. The monoisotopic (exact) mass is 390 g/mol. The average Bonchev–Trinajstić information content (AvgIpc) is 2.91. The van der Waals surface area contributed by atoms with Crippen molar-refractivity contribution in [3.63, 3.8) is 0 Å². The van der Waals surface area contributed by atoms with Crippen LogP contribution in [0.2, 0.25) is 0 Å². The highest BCUT2D eigenvalue weighted by molar-refractivity contribution is 7.89. The summed E-state index contributed by atoms with van der Waals surface area (Å²) in [4.78, 5) is 32.2. The third-order valence-corrected chi connectivity index (χ3v) is 4.94. The zero-order valence-electron chi connectivity index (χ0n) is 14.3. The van der Waals surface area contributed by atoms with Crippen molar-refractivity contribution in [3.05, 3.63) is 65.7 Å². The van der Waals surface area contributed by atoms with E-state index in [0.29, 0.717) is 5.75 Å². The number of ether oxygens (including phenoxy) is 1. The topological polar surface area (TPSA) is 102 Å². The summed E-state index contributed by atoms with van der Waals surface area (Å²) in [5, 5.41) is 0. The van der Waals surface area contributed by atoms with Gasteiger partial charge < -0.3 is 4.74 Å². The molecule has 2 aromatic rings. The molecule has 1 heterocycles. The number of para-hydroxylation sites is 1. The molecule has 0 saturated carbocycles. The van der Waals surface area contributed by atoms with Crippen LogP contribution in [-0.2, 0) is 14.9 Å². The summed E-state index contributed by atoms with van der Waals surface area (Å²) in [5.41, 5.74) is 0.560. The van der Waals surface area contributed by atoms with Crippen LogP contribution >= 0.6 is 0 Å². The summed E-state index contributed by atoms with van der Waals surface area (Å²) in [6.45, 7) is -0.0996. The third kappa shape index (κ3) is 4.70. The molecule has 0 fully saturated rings. The molecule has 8 nitrogen and oxygen atoms in total. The number of benzene rings is 2. The molecule has 3 rings (SSSR count). The molecule has 0 aliphatic carbocycles. The first kappa shape index (κ1) is 19.0. The van der Waals surface area contributed by atoms with Crippen LogP contribution in [0.4, 0.5) is 0 Å². The Morgan fingerprint density at radius 2 is 1.44 bits per heavy atom. The number of carbonyl (C=O) groups is 2. The molecule has 1 aliphatic heterocycles. The number of imide groups is 1. The quantitative estimate of drug-likeness (QED) is 0.392. The van der Waals surface area contributed by atoms with E-state index in [1.807, 2.05) is 23.1 Å². The number of rotatable bonds is 9. The summed E-state index contributed by atoms with van der Waals surface area (Å²) in [6.07, 6.45) is 0. The molecule has 0 unspecified atom stereocenters. The van der Waals surface area contributed by atoms with Crippen LogP contribution in [0.1, 0.15) is 20.7 Å². The maximum absolute atomic E-state index is 12.2. The Bertz CT molecular complexity index is 895. The lowest BCUT2D eigenvalue weighted by atomic mass is 10.1. The number of fused-ring (bicyclic) bond motifs is 1.